The maximum atomic E-state index is 6.48. The molecule has 1 heteroatoms. The van der Waals surface area contributed by atoms with E-state index in [1.165, 1.54) is 27.8 Å². The zero-order chi connectivity index (χ0) is 22.6. The molecule has 0 amide bonds. The van der Waals surface area contributed by atoms with E-state index >= 15 is 0 Å². The van der Waals surface area contributed by atoms with Crippen LogP contribution in [0.3, 0.4) is 0 Å². The summed E-state index contributed by atoms with van der Waals surface area (Å²) in [7, 11) is 0. The van der Waals surface area contributed by atoms with E-state index in [4.69, 9.17) is 4.74 Å². The molecule has 0 aliphatic heterocycles. The summed E-state index contributed by atoms with van der Waals surface area (Å²) >= 11 is 0. The van der Waals surface area contributed by atoms with Gasteiger partial charge in [0.2, 0.25) is 0 Å². The molecule has 0 aromatic heterocycles. The fraction of sp³-hybridized carbons (Fsp3) is 0.226. The van der Waals surface area contributed by atoms with Gasteiger partial charge in [-0.25, -0.2) is 0 Å². The molecule has 0 fully saturated rings. The van der Waals surface area contributed by atoms with Gasteiger partial charge in [0.15, 0.2) is 0 Å². The first-order valence-corrected chi connectivity index (χ1v) is 11.4. The maximum absolute atomic E-state index is 6.48. The van der Waals surface area contributed by atoms with Gasteiger partial charge in [0.25, 0.3) is 0 Å². The van der Waals surface area contributed by atoms with Gasteiger partial charge in [-0.2, -0.15) is 0 Å². The van der Waals surface area contributed by atoms with Crippen molar-refractivity contribution in [1.29, 1.82) is 0 Å². The average Bonchev–Trinajstić information content (AvgIpc) is 3.34. The Kier molecular flexibility index (Phi) is 6.19. The lowest BCUT2D eigenvalue weighted by Gasteiger charge is -2.39. The number of para-hydroxylation sites is 1. The van der Waals surface area contributed by atoms with E-state index in [0.717, 1.165) is 12.2 Å². The Morgan fingerprint density at radius 1 is 0.812 bits per heavy atom. The van der Waals surface area contributed by atoms with E-state index in [1.807, 2.05) is 6.08 Å². The number of ether oxygens (including phenoxy) is 1. The smallest absolute Gasteiger partial charge is 0.128 e. The summed E-state index contributed by atoms with van der Waals surface area (Å²) in [4.78, 5) is 0. The molecule has 0 heterocycles. The molecule has 0 bridgehead atoms. The minimum atomic E-state index is -0.479. The van der Waals surface area contributed by atoms with Crippen molar-refractivity contribution >= 4 is 0 Å². The summed E-state index contributed by atoms with van der Waals surface area (Å²) < 4.78 is 6.48. The summed E-state index contributed by atoms with van der Waals surface area (Å²) in [5.41, 5.74) is 5.58. The molecule has 0 unspecified atom stereocenters. The van der Waals surface area contributed by atoms with Crippen molar-refractivity contribution in [3.63, 3.8) is 0 Å². The third-order valence-corrected chi connectivity index (χ3v) is 6.19. The number of rotatable bonds is 7. The molecule has 0 N–H and O–H groups in total. The lowest BCUT2D eigenvalue weighted by Crippen LogP contribution is -2.32. The van der Waals surface area contributed by atoms with Crippen LogP contribution in [-0.4, -0.2) is 6.61 Å². The molecular formula is C31H32O. The van der Waals surface area contributed by atoms with Crippen LogP contribution in [0.15, 0.2) is 115 Å². The molecule has 0 saturated heterocycles. The highest BCUT2D eigenvalue weighted by Gasteiger charge is 2.42. The fourth-order valence-electron chi connectivity index (χ4n) is 4.80. The predicted octanol–water partition coefficient (Wildman–Crippen LogP) is 7.77. The first kappa shape index (κ1) is 21.9. The molecule has 1 aliphatic carbocycles. The van der Waals surface area contributed by atoms with Crippen LogP contribution in [0.4, 0.5) is 0 Å². The molecule has 0 spiro atoms. The zero-order valence-corrected chi connectivity index (χ0v) is 19.3. The predicted molar refractivity (Wildman–Crippen MR) is 135 cm³/mol. The number of allylic oxidation sites excluding steroid dienone is 4. The van der Waals surface area contributed by atoms with Crippen molar-refractivity contribution in [2.24, 2.45) is 0 Å². The van der Waals surface area contributed by atoms with Crippen LogP contribution in [0, 0.1) is 0 Å². The quantitative estimate of drug-likeness (QED) is 0.280. The van der Waals surface area contributed by atoms with Crippen molar-refractivity contribution in [2.75, 3.05) is 6.61 Å². The Morgan fingerprint density at radius 2 is 1.41 bits per heavy atom. The summed E-state index contributed by atoms with van der Waals surface area (Å²) in [5, 5.41) is 0. The van der Waals surface area contributed by atoms with Crippen molar-refractivity contribution in [1.82, 2.24) is 0 Å². The average molecular weight is 421 g/mol. The van der Waals surface area contributed by atoms with Crippen LogP contribution in [-0.2, 0) is 10.8 Å². The molecular weight excluding hydrogens is 388 g/mol. The van der Waals surface area contributed by atoms with Crippen molar-refractivity contribution in [3.05, 3.63) is 138 Å². The Labute approximate surface area is 192 Å². The third kappa shape index (κ3) is 3.84. The second-order valence-electron chi connectivity index (χ2n) is 9.31. The molecule has 4 rings (SSSR count). The first-order chi connectivity index (χ1) is 15.5. The first-order valence-electron chi connectivity index (χ1n) is 11.4. The molecule has 1 nitrogen and oxygen atoms in total. The topological polar surface area (TPSA) is 9.23 Å². The van der Waals surface area contributed by atoms with E-state index in [-0.39, 0.29) is 5.41 Å². The summed E-state index contributed by atoms with van der Waals surface area (Å²) in [6, 6.07) is 28.2. The van der Waals surface area contributed by atoms with Gasteiger partial charge in [-0.1, -0.05) is 131 Å². The number of hydrogen-bond donors (Lipinski definition) is 0. The lowest BCUT2D eigenvalue weighted by molar-refractivity contribution is 0.343. The summed E-state index contributed by atoms with van der Waals surface area (Å²) in [6.07, 6.45) is 9.64. The van der Waals surface area contributed by atoms with Crippen molar-refractivity contribution < 1.29 is 4.74 Å². The molecule has 0 radical (unpaired) electrons. The van der Waals surface area contributed by atoms with E-state index in [9.17, 15) is 0 Å². The van der Waals surface area contributed by atoms with Gasteiger partial charge in [-0.3, -0.25) is 0 Å². The Morgan fingerprint density at radius 3 is 1.91 bits per heavy atom. The molecule has 162 valence electrons. The monoisotopic (exact) mass is 420 g/mol. The number of hydrogen-bond acceptors (Lipinski definition) is 1. The molecule has 3 aromatic rings. The number of benzene rings is 3. The lowest BCUT2D eigenvalue weighted by atomic mass is 9.63. The molecule has 0 saturated carbocycles. The second kappa shape index (κ2) is 9.04. The van der Waals surface area contributed by atoms with Crippen LogP contribution in [0.5, 0.6) is 5.75 Å². The van der Waals surface area contributed by atoms with Gasteiger partial charge in [-0.15, -0.1) is 0 Å². The van der Waals surface area contributed by atoms with Crippen molar-refractivity contribution in [2.45, 2.75) is 38.0 Å². The van der Waals surface area contributed by atoms with Gasteiger partial charge in [0.1, 0.15) is 12.4 Å². The maximum Gasteiger partial charge on any atom is 0.128 e. The highest BCUT2D eigenvalue weighted by molar-refractivity contribution is 5.67. The summed E-state index contributed by atoms with van der Waals surface area (Å²) in [5.74, 6) is 0.953. The van der Waals surface area contributed by atoms with Gasteiger partial charge >= 0.3 is 0 Å². The zero-order valence-electron chi connectivity index (χ0n) is 19.3. The van der Waals surface area contributed by atoms with E-state index < -0.39 is 5.41 Å². The Hall–Kier alpha value is -3.32. The van der Waals surface area contributed by atoms with Crippen LogP contribution in [0.2, 0.25) is 0 Å². The third-order valence-electron chi connectivity index (χ3n) is 6.19. The van der Waals surface area contributed by atoms with Crippen LogP contribution >= 0.6 is 0 Å². The van der Waals surface area contributed by atoms with E-state index in [2.05, 4.69) is 124 Å². The van der Waals surface area contributed by atoms with E-state index in [1.54, 1.807) is 0 Å². The molecule has 1 aliphatic rings. The molecule has 32 heavy (non-hydrogen) atoms. The standard InChI is InChI=1S/C31H32O/c1-5-23-32-29-27(30(2,3)4)21-14-22-28(29)31(26-19-12-13-20-26,24-15-8-6-9-16-24)25-17-10-7-11-18-25/h5-12,14-22H,1,13,23H2,2-4H3. The highest BCUT2D eigenvalue weighted by Crippen LogP contribution is 2.51. The van der Waals surface area contributed by atoms with E-state index in [0.29, 0.717) is 6.61 Å². The van der Waals surface area contributed by atoms with Crippen LogP contribution < -0.4 is 4.74 Å². The minimum absolute atomic E-state index is 0.0640. The molecule has 3 aromatic carbocycles. The largest absolute Gasteiger partial charge is 0.489 e. The van der Waals surface area contributed by atoms with Crippen LogP contribution in [0.25, 0.3) is 0 Å². The van der Waals surface area contributed by atoms with Crippen molar-refractivity contribution in [3.8, 4) is 5.75 Å². The normalized spacial score (nSPS) is 13.7. The SMILES string of the molecule is C=CCOc1c(C(C)(C)C)cccc1C(C1=CCC=C1)(c1ccccc1)c1ccccc1. The van der Waals surface area contributed by atoms with Gasteiger partial charge in [-0.05, 0) is 34.1 Å². The highest BCUT2D eigenvalue weighted by atomic mass is 16.5. The Bertz CT molecular complexity index is 1090. The Balaban J connectivity index is 2.15. The van der Waals surface area contributed by atoms with Crippen LogP contribution in [0.1, 0.15) is 49.4 Å². The second-order valence-corrected chi connectivity index (χ2v) is 9.31. The summed E-state index contributed by atoms with van der Waals surface area (Å²) in [6.45, 7) is 11.1. The van der Waals surface area contributed by atoms with Gasteiger partial charge < -0.3 is 4.74 Å². The van der Waals surface area contributed by atoms with Gasteiger partial charge in [0, 0.05) is 5.56 Å². The minimum Gasteiger partial charge on any atom is -0.489 e. The fourth-order valence-corrected chi connectivity index (χ4v) is 4.80. The molecule has 0 atom stereocenters. The van der Waals surface area contributed by atoms with Gasteiger partial charge in [0.05, 0.1) is 5.41 Å².